The number of allylic oxidation sites excluding steroid dienone is 2. The van der Waals surface area contributed by atoms with Gasteiger partial charge in [-0.3, -0.25) is 9.10 Å². The van der Waals surface area contributed by atoms with E-state index in [4.69, 9.17) is 0 Å². The van der Waals surface area contributed by atoms with Gasteiger partial charge in [0.05, 0.1) is 17.8 Å². The molecule has 0 amide bonds. The van der Waals surface area contributed by atoms with Gasteiger partial charge in [-0.2, -0.15) is 4.31 Å². The minimum Gasteiger partial charge on any atom is -0.316 e. The topological polar surface area (TPSA) is 69.7 Å². The number of sulfonamides is 1. The molecule has 0 aromatic heterocycles. The summed E-state index contributed by atoms with van der Waals surface area (Å²) in [6, 6.07) is 0. The highest BCUT2D eigenvalue weighted by Gasteiger charge is 2.35. The van der Waals surface area contributed by atoms with E-state index in [0.29, 0.717) is 18.5 Å². The first-order chi connectivity index (χ1) is 9.09. The van der Waals surface area contributed by atoms with Gasteiger partial charge in [-0.1, -0.05) is 0 Å². The van der Waals surface area contributed by atoms with Crippen molar-refractivity contribution in [2.45, 2.75) is 12.8 Å². The van der Waals surface area contributed by atoms with Crippen molar-refractivity contribution in [1.82, 2.24) is 13.3 Å². The number of fused-ring (bicyclic) bond motifs is 1. The van der Waals surface area contributed by atoms with E-state index in [1.165, 1.54) is 16.4 Å². The first-order valence-electron chi connectivity index (χ1n) is 5.91. The van der Waals surface area contributed by atoms with E-state index in [0.717, 1.165) is 0 Å². The maximum Gasteiger partial charge on any atom is 0.245 e. The number of carbonyl (C=O) groups excluding carboxylic acids is 1. The first kappa shape index (κ1) is 12.8. The zero-order chi connectivity index (χ0) is 13.5. The summed E-state index contributed by atoms with van der Waals surface area (Å²) in [5.74, 6) is 0.128. The number of hydrogen-bond acceptors (Lipinski definition) is 6. The van der Waals surface area contributed by atoms with E-state index in [9.17, 15) is 13.2 Å². The van der Waals surface area contributed by atoms with Gasteiger partial charge in [0.25, 0.3) is 0 Å². The minimum atomic E-state index is -3.54. The summed E-state index contributed by atoms with van der Waals surface area (Å²) in [7, 11) is -3.54. The predicted octanol–water partition coefficient (Wildman–Crippen LogP) is 0.702. The summed E-state index contributed by atoms with van der Waals surface area (Å²) in [5.41, 5.74) is 0.629. The molecule has 102 valence electrons. The molecule has 0 saturated carbocycles. The molecule has 3 aliphatic rings. The van der Waals surface area contributed by atoms with E-state index >= 15 is 0 Å². The predicted molar refractivity (Wildman–Crippen MR) is 72.6 cm³/mol. The third-order valence-corrected chi connectivity index (χ3v) is 5.89. The molecule has 3 heterocycles. The van der Waals surface area contributed by atoms with Crippen molar-refractivity contribution in [2.75, 3.05) is 13.1 Å². The fourth-order valence-electron chi connectivity index (χ4n) is 2.17. The number of hydrogen-bond donors (Lipinski definition) is 1. The molecule has 0 bridgehead atoms. The summed E-state index contributed by atoms with van der Waals surface area (Å²) < 4.78 is 31.3. The van der Waals surface area contributed by atoms with Crippen molar-refractivity contribution >= 4 is 27.9 Å². The molecule has 0 aromatic rings. The second kappa shape index (κ2) is 4.69. The zero-order valence-electron chi connectivity index (χ0n) is 10.1. The van der Waals surface area contributed by atoms with Crippen LogP contribution in [-0.4, -0.2) is 35.9 Å². The van der Waals surface area contributed by atoms with Crippen LogP contribution >= 0.6 is 12.1 Å². The molecule has 1 fully saturated rings. The maximum absolute atomic E-state index is 12.6. The molecule has 6 nitrogen and oxygen atoms in total. The van der Waals surface area contributed by atoms with Gasteiger partial charge in [-0.05, 0) is 12.2 Å². The molecule has 0 aromatic carbocycles. The van der Waals surface area contributed by atoms with Crippen LogP contribution in [0.5, 0.6) is 0 Å². The lowest BCUT2D eigenvalue weighted by atomic mass is 10.1. The number of Topliss-reactive ketones (excluding diaryl/α,β-unsaturated/α-hetero) is 1. The Labute approximate surface area is 116 Å². The minimum absolute atomic E-state index is 0.128. The molecule has 0 spiro atoms. The second-order valence-corrected chi connectivity index (χ2v) is 7.10. The van der Waals surface area contributed by atoms with Gasteiger partial charge in [-0.15, -0.1) is 0 Å². The van der Waals surface area contributed by atoms with Crippen molar-refractivity contribution in [1.29, 1.82) is 0 Å². The fraction of sp³-hybridized carbons (Fsp3) is 0.364. The Kier molecular flexibility index (Phi) is 3.15. The average molecular weight is 299 g/mol. The Morgan fingerprint density at radius 1 is 1.26 bits per heavy atom. The number of nitrogens with zero attached hydrogens (tertiary/aromatic N) is 2. The smallest absolute Gasteiger partial charge is 0.245 e. The fourth-order valence-corrected chi connectivity index (χ4v) is 4.50. The van der Waals surface area contributed by atoms with Gasteiger partial charge in [0, 0.05) is 38.3 Å². The second-order valence-electron chi connectivity index (χ2n) is 4.38. The van der Waals surface area contributed by atoms with Crippen molar-refractivity contribution in [3.63, 3.8) is 0 Å². The molecular formula is C11H13N3O3S2. The van der Waals surface area contributed by atoms with Crippen LogP contribution in [0, 0.1) is 0 Å². The molecule has 8 heteroatoms. The molecular weight excluding hydrogens is 286 g/mol. The SMILES string of the molecule is O=C1CCN(S(=O)(=O)C2=CC=CN3SNC=C23)CC1. The first-order valence-corrected chi connectivity index (χ1v) is 8.13. The molecule has 3 aliphatic heterocycles. The lowest BCUT2D eigenvalue weighted by molar-refractivity contribution is -0.120. The van der Waals surface area contributed by atoms with Crippen LogP contribution in [0.3, 0.4) is 0 Å². The van der Waals surface area contributed by atoms with E-state index in [-0.39, 0.29) is 23.8 Å². The lowest BCUT2D eigenvalue weighted by Gasteiger charge is -2.28. The van der Waals surface area contributed by atoms with Crippen LogP contribution < -0.4 is 4.72 Å². The third-order valence-electron chi connectivity index (χ3n) is 3.20. The highest BCUT2D eigenvalue weighted by molar-refractivity contribution is 7.96. The van der Waals surface area contributed by atoms with Gasteiger partial charge < -0.3 is 4.72 Å². The molecule has 0 radical (unpaired) electrons. The van der Waals surface area contributed by atoms with Crippen molar-refractivity contribution < 1.29 is 13.2 Å². The summed E-state index contributed by atoms with van der Waals surface area (Å²) in [6.45, 7) is 0.548. The van der Waals surface area contributed by atoms with Crippen molar-refractivity contribution in [3.05, 3.63) is 35.2 Å². The summed E-state index contributed by atoms with van der Waals surface area (Å²) in [6.07, 6.45) is 7.39. The summed E-state index contributed by atoms with van der Waals surface area (Å²) in [4.78, 5) is 11.5. The van der Waals surface area contributed by atoms with Gasteiger partial charge in [0.15, 0.2) is 0 Å². The zero-order valence-corrected chi connectivity index (χ0v) is 11.7. The Hall–Kier alpha value is -1.25. The van der Waals surface area contributed by atoms with Crippen molar-refractivity contribution in [3.8, 4) is 0 Å². The Morgan fingerprint density at radius 2 is 2.00 bits per heavy atom. The van der Waals surface area contributed by atoms with E-state index in [1.807, 2.05) is 0 Å². The normalized spacial score (nSPS) is 23.8. The molecule has 0 atom stereocenters. The average Bonchev–Trinajstić information content (AvgIpc) is 2.87. The van der Waals surface area contributed by atoms with Gasteiger partial charge in [0.2, 0.25) is 10.0 Å². The van der Waals surface area contributed by atoms with Crippen LogP contribution in [0.2, 0.25) is 0 Å². The quantitative estimate of drug-likeness (QED) is 0.757. The van der Waals surface area contributed by atoms with Gasteiger partial charge >= 0.3 is 0 Å². The molecule has 0 unspecified atom stereocenters. The number of rotatable bonds is 2. The van der Waals surface area contributed by atoms with E-state index in [2.05, 4.69) is 4.72 Å². The largest absolute Gasteiger partial charge is 0.316 e. The highest BCUT2D eigenvalue weighted by atomic mass is 32.2. The Bertz CT molecular complexity index is 597. The van der Waals surface area contributed by atoms with E-state index < -0.39 is 10.0 Å². The van der Waals surface area contributed by atoms with Crippen LogP contribution in [0.4, 0.5) is 0 Å². The third kappa shape index (κ3) is 2.19. The monoisotopic (exact) mass is 299 g/mol. The van der Waals surface area contributed by atoms with Gasteiger partial charge in [-0.25, -0.2) is 8.42 Å². The van der Waals surface area contributed by atoms with Crippen molar-refractivity contribution in [2.24, 2.45) is 0 Å². The molecule has 19 heavy (non-hydrogen) atoms. The maximum atomic E-state index is 12.6. The summed E-state index contributed by atoms with van der Waals surface area (Å²) in [5, 5.41) is 0. The number of carbonyl (C=O) groups is 1. The summed E-state index contributed by atoms with van der Waals surface area (Å²) >= 11 is 1.32. The lowest BCUT2D eigenvalue weighted by Crippen LogP contribution is -2.40. The van der Waals surface area contributed by atoms with Crippen LogP contribution in [0.25, 0.3) is 0 Å². The van der Waals surface area contributed by atoms with Crippen LogP contribution in [0.15, 0.2) is 35.2 Å². The van der Waals surface area contributed by atoms with Crippen LogP contribution in [-0.2, 0) is 14.8 Å². The molecule has 0 aliphatic carbocycles. The molecule has 1 N–H and O–H groups in total. The number of ketones is 1. The Morgan fingerprint density at radius 3 is 2.74 bits per heavy atom. The Balaban J connectivity index is 1.90. The molecule has 1 saturated heterocycles. The standard InChI is InChI=1S/C11H13N3O3S2/c15-9-3-6-13(7-4-9)19(16,17)11-2-1-5-14-10(11)8-12-18-14/h1-2,5,8,12H,3-4,6-7H2. The highest BCUT2D eigenvalue weighted by Crippen LogP contribution is 2.34. The van der Waals surface area contributed by atoms with E-state index in [1.54, 1.807) is 28.9 Å². The van der Waals surface area contributed by atoms with Crippen LogP contribution in [0.1, 0.15) is 12.8 Å². The number of nitrogens with one attached hydrogen (secondary N) is 1. The molecule has 3 rings (SSSR count). The number of piperidine rings is 1. The van der Waals surface area contributed by atoms with Gasteiger partial charge in [0.1, 0.15) is 10.7 Å².